The summed E-state index contributed by atoms with van der Waals surface area (Å²) in [6, 6.07) is 13.3. The second kappa shape index (κ2) is 12.2. The number of nitrogens with one attached hydrogen (secondary N) is 2. The smallest absolute Gasteiger partial charge is 0.247 e. The van der Waals surface area contributed by atoms with Crippen molar-refractivity contribution in [2.45, 2.75) is 26.2 Å². The van der Waals surface area contributed by atoms with Gasteiger partial charge in [-0.25, -0.2) is 4.98 Å². The molecule has 0 bridgehead atoms. The minimum Gasteiger partial charge on any atom is -0.494 e. The lowest BCUT2D eigenvalue weighted by molar-refractivity contribution is -0.111. The molecule has 2 heterocycles. The average molecular weight is 547 g/mol. The quantitative estimate of drug-likeness (QED) is 0.306. The van der Waals surface area contributed by atoms with E-state index in [1.54, 1.807) is 30.3 Å². The Balaban J connectivity index is 1.69. The van der Waals surface area contributed by atoms with Gasteiger partial charge in [-0.2, -0.15) is 4.98 Å². The topological polar surface area (TPSA) is 109 Å². The minimum absolute atomic E-state index is 0.0726. The molecule has 0 saturated carbocycles. The number of carbonyl (C=O) groups excluding carboxylic acids is 1. The van der Waals surface area contributed by atoms with Crippen LogP contribution in [0.2, 0.25) is 0 Å². The highest BCUT2D eigenvalue weighted by atomic mass is 16.5. The Morgan fingerprint density at radius 3 is 2.52 bits per heavy atom. The van der Waals surface area contributed by atoms with Crippen LogP contribution in [0.15, 0.2) is 61.3 Å². The van der Waals surface area contributed by atoms with Gasteiger partial charge in [0.15, 0.2) is 0 Å². The molecule has 3 aromatic rings. The fourth-order valence-electron chi connectivity index (χ4n) is 4.62. The Morgan fingerprint density at radius 2 is 1.88 bits per heavy atom. The number of fused-ring (bicyclic) bond motifs is 1. The molecule has 11 nitrogen and oxygen atoms in total. The number of aliphatic hydroxyl groups is 1. The molecule has 0 radical (unpaired) electrons. The van der Waals surface area contributed by atoms with E-state index in [0.717, 1.165) is 30.2 Å². The van der Waals surface area contributed by atoms with Crippen LogP contribution >= 0.6 is 0 Å². The molecule has 1 aliphatic rings. The molecular weight excluding hydrogens is 508 g/mol. The van der Waals surface area contributed by atoms with Crippen molar-refractivity contribution in [2.75, 3.05) is 66.7 Å². The molecule has 0 saturated heterocycles. The summed E-state index contributed by atoms with van der Waals surface area (Å²) >= 11 is 0. The summed E-state index contributed by atoms with van der Waals surface area (Å²) in [6.45, 7) is 9.21. The number of likely N-dealkylation sites (N-methyl/N-ethyl adjacent to an activating group) is 2. The second-order valence-electron chi connectivity index (χ2n) is 10.1. The summed E-state index contributed by atoms with van der Waals surface area (Å²) in [5.41, 5.74) is 3.72. The van der Waals surface area contributed by atoms with Crippen LogP contribution in [0.25, 0.3) is 0 Å². The summed E-state index contributed by atoms with van der Waals surface area (Å²) in [4.78, 5) is 29.3. The molecule has 2 aromatic carbocycles. The van der Waals surface area contributed by atoms with E-state index in [9.17, 15) is 9.90 Å². The number of benzene rings is 2. The fourth-order valence-corrected chi connectivity index (χ4v) is 4.62. The number of nitrogens with zero attached hydrogens (tertiary/aromatic N) is 6. The highest BCUT2D eigenvalue weighted by Crippen LogP contribution is 2.44. The van der Waals surface area contributed by atoms with Crippen LogP contribution in [0.5, 0.6) is 5.75 Å². The van der Waals surface area contributed by atoms with Gasteiger partial charge in [-0.3, -0.25) is 9.69 Å². The maximum absolute atomic E-state index is 12.3. The first-order valence-corrected chi connectivity index (χ1v) is 13.1. The molecule has 0 fully saturated rings. The first kappa shape index (κ1) is 28.7. The van der Waals surface area contributed by atoms with Crippen molar-refractivity contribution >= 4 is 46.1 Å². The molecular formula is C29H38N8O3. The first-order valence-electron chi connectivity index (χ1n) is 13.1. The van der Waals surface area contributed by atoms with Crippen molar-refractivity contribution < 1.29 is 14.6 Å². The van der Waals surface area contributed by atoms with Gasteiger partial charge in [0.25, 0.3) is 0 Å². The zero-order valence-electron chi connectivity index (χ0n) is 23.9. The van der Waals surface area contributed by atoms with Crippen LogP contribution in [-0.2, 0) is 4.79 Å². The second-order valence-corrected chi connectivity index (χ2v) is 10.1. The van der Waals surface area contributed by atoms with E-state index in [1.165, 1.54) is 6.08 Å². The Kier molecular flexibility index (Phi) is 8.76. The molecule has 40 heavy (non-hydrogen) atoms. The zero-order valence-corrected chi connectivity index (χ0v) is 23.9. The molecule has 1 unspecified atom stereocenters. The van der Waals surface area contributed by atoms with Gasteiger partial charge in [0.1, 0.15) is 11.6 Å². The van der Waals surface area contributed by atoms with Crippen LogP contribution in [0.3, 0.4) is 0 Å². The third kappa shape index (κ3) is 5.95. The van der Waals surface area contributed by atoms with E-state index in [4.69, 9.17) is 9.72 Å². The lowest BCUT2D eigenvalue weighted by Gasteiger charge is -2.30. The average Bonchev–Trinajstić information content (AvgIpc) is 3.23. The molecule has 3 N–H and O–H groups in total. The predicted octanol–water partition coefficient (Wildman–Crippen LogP) is 3.99. The number of hydrogen-bond acceptors (Lipinski definition) is 10. The lowest BCUT2D eigenvalue weighted by Crippen LogP contribution is -2.44. The minimum atomic E-state index is -0.924. The van der Waals surface area contributed by atoms with Gasteiger partial charge in [0.05, 0.1) is 35.5 Å². The van der Waals surface area contributed by atoms with E-state index in [-0.39, 0.29) is 11.9 Å². The first-order chi connectivity index (χ1) is 19.1. The highest BCUT2D eigenvalue weighted by molar-refractivity contribution is 6.02. The Morgan fingerprint density at radius 1 is 1.15 bits per heavy atom. The number of para-hydroxylation sites is 2. The van der Waals surface area contributed by atoms with Crippen LogP contribution in [0, 0.1) is 0 Å². The number of anilines is 7. The third-order valence-electron chi connectivity index (χ3n) is 6.64. The van der Waals surface area contributed by atoms with Crippen molar-refractivity contribution in [1.82, 2.24) is 14.9 Å². The summed E-state index contributed by atoms with van der Waals surface area (Å²) in [7, 11) is 7.56. The summed E-state index contributed by atoms with van der Waals surface area (Å²) in [5, 5.41) is 17.4. The Hall–Kier alpha value is -4.35. The number of aliphatic hydroxyl groups excluding tert-OH is 1. The molecule has 4 rings (SSSR count). The van der Waals surface area contributed by atoms with Crippen LogP contribution in [-0.4, -0.2) is 79.6 Å². The maximum atomic E-state index is 12.3. The van der Waals surface area contributed by atoms with Crippen LogP contribution < -0.4 is 30.1 Å². The number of ether oxygens (including phenoxy) is 1. The van der Waals surface area contributed by atoms with Gasteiger partial charge in [0, 0.05) is 38.4 Å². The number of methoxy groups -OCH3 is 1. The van der Waals surface area contributed by atoms with Crippen molar-refractivity contribution in [3.05, 3.63) is 61.3 Å². The van der Waals surface area contributed by atoms with E-state index >= 15 is 0 Å². The SMILES string of the molecule is C=CC(=O)Nc1cc(Nc2nccc(N3c4ccccc4N(C(C)C)C3O)n2)c(OC)cc1N(C)CCN(C)C. The standard InChI is InChI=1S/C29H38N8O3/c1-8-27(38)31-20-17-21(25(40-7)18-24(20)35(6)16-15-34(4)5)32-28-30-14-13-26(33-28)37-23-12-10-9-11-22(23)36(19(2)3)29(37)39/h8-14,17-19,29,39H,1,15-16H2,2-7H3,(H,31,38)(H,30,32,33). The molecule has 11 heteroatoms. The monoisotopic (exact) mass is 546 g/mol. The molecule has 0 spiro atoms. The molecule has 1 amide bonds. The molecule has 1 aromatic heterocycles. The number of hydrogen-bond donors (Lipinski definition) is 3. The largest absolute Gasteiger partial charge is 0.494 e. The number of amides is 1. The summed E-state index contributed by atoms with van der Waals surface area (Å²) in [5.74, 6) is 1.06. The van der Waals surface area contributed by atoms with Crippen molar-refractivity contribution in [2.24, 2.45) is 0 Å². The normalized spacial score (nSPS) is 14.4. The third-order valence-corrected chi connectivity index (χ3v) is 6.64. The lowest BCUT2D eigenvalue weighted by atomic mass is 10.2. The number of carbonyl (C=O) groups is 1. The van der Waals surface area contributed by atoms with Crippen LogP contribution in [0.1, 0.15) is 13.8 Å². The van der Waals surface area contributed by atoms with Crippen molar-refractivity contribution in [3.63, 3.8) is 0 Å². The van der Waals surface area contributed by atoms with E-state index in [0.29, 0.717) is 28.9 Å². The van der Waals surface area contributed by atoms with E-state index in [1.807, 2.05) is 70.2 Å². The van der Waals surface area contributed by atoms with E-state index in [2.05, 4.69) is 32.0 Å². The maximum Gasteiger partial charge on any atom is 0.247 e. The van der Waals surface area contributed by atoms with Gasteiger partial charge >= 0.3 is 0 Å². The van der Waals surface area contributed by atoms with Gasteiger partial charge in [0.2, 0.25) is 18.2 Å². The number of rotatable bonds is 11. The van der Waals surface area contributed by atoms with Crippen molar-refractivity contribution in [3.8, 4) is 5.75 Å². The summed E-state index contributed by atoms with van der Waals surface area (Å²) in [6.07, 6.45) is 1.94. The van der Waals surface area contributed by atoms with Crippen LogP contribution in [0.4, 0.5) is 40.2 Å². The molecule has 212 valence electrons. The number of aromatic nitrogens is 2. The Labute approximate surface area is 235 Å². The molecule has 1 aliphatic heterocycles. The van der Waals surface area contributed by atoms with Gasteiger partial charge in [-0.1, -0.05) is 18.7 Å². The highest BCUT2D eigenvalue weighted by Gasteiger charge is 2.37. The van der Waals surface area contributed by atoms with Gasteiger partial charge in [-0.15, -0.1) is 0 Å². The Bertz CT molecular complexity index is 1360. The molecule has 0 aliphatic carbocycles. The van der Waals surface area contributed by atoms with Crippen molar-refractivity contribution in [1.29, 1.82) is 0 Å². The molecule has 1 atom stereocenters. The van der Waals surface area contributed by atoms with E-state index < -0.39 is 6.35 Å². The van der Waals surface area contributed by atoms with Gasteiger partial charge in [-0.05, 0) is 58.3 Å². The van der Waals surface area contributed by atoms with Gasteiger partial charge < -0.3 is 35.2 Å². The zero-order chi connectivity index (χ0) is 29.0. The predicted molar refractivity (Wildman–Crippen MR) is 161 cm³/mol. The fraction of sp³-hybridized carbons (Fsp3) is 0.345. The summed E-state index contributed by atoms with van der Waals surface area (Å²) < 4.78 is 5.71.